The van der Waals surface area contributed by atoms with Crippen molar-refractivity contribution in [1.29, 1.82) is 15.8 Å². The molecule has 0 atom stereocenters. The second-order valence-corrected chi connectivity index (χ2v) is 4.24. The van der Waals surface area contributed by atoms with Crippen LogP contribution in [0.3, 0.4) is 0 Å². The summed E-state index contributed by atoms with van der Waals surface area (Å²) < 4.78 is 15.9. The Hall–Kier alpha value is -1.69. The lowest BCUT2D eigenvalue weighted by Crippen LogP contribution is -2.53. The number of hydrogen-bond acceptors (Lipinski definition) is 7. The van der Waals surface area contributed by atoms with Crippen molar-refractivity contribution in [3.63, 3.8) is 0 Å². The van der Waals surface area contributed by atoms with Gasteiger partial charge in [0.05, 0.1) is 82.7 Å². The molecule has 0 saturated heterocycles. The minimum atomic E-state index is -0.847. The van der Waals surface area contributed by atoms with Crippen LogP contribution in [-0.4, -0.2) is 45.2 Å². The average molecular weight is 280 g/mol. The fraction of sp³-hybridized carbons (Fsp3) is 0.769. The van der Waals surface area contributed by atoms with Crippen molar-refractivity contribution in [1.82, 2.24) is 0 Å². The molecule has 0 aliphatic rings. The smallest absolute Gasteiger partial charge is 0.0865 e. The van der Waals surface area contributed by atoms with Crippen molar-refractivity contribution in [2.45, 2.75) is 24.8 Å². The van der Waals surface area contributed by atoms with E-state index in [2.05, 4.69) is 0 Å². The quantitative estimate of drug-likeness (QED) is 0.515. The zero-order chi connectivity index (χ0) is 15.1. The highest BCUT2D eigenvalue weighted by Gasteiger charge is 2.26. The van der Waals surface area contributed by atoms with Gasteiger partial charge in [0.25, 0.3) is 0 Å². The summed E-state index contributed by atoms with van der Waals surface area (Å²) in [7, 11) is 0. The summed E-state index contributed by atoms with van der Waals surface area (Å²) in [5, 5.41) is 25.3. The molecule has 110 valence electrons. The standard InChI is InChI=1S/C13H20N4O3/c14-4-1-7-18-10-13(17,11-19-8-2-5-15)12-20-9-3-6-16/h1-3,7-12,17H2. The third kappa shape index (κ3) is 10.3. The highest BCUT2D eigenvalue weighted by Crippen LogP contribution is 2.05. The lowest BCUT2D eigenvalue weighted by molar-refractivity contribution is -0.0200. The topological polar surface area (TPSA) is 125 Å². The predicted molar refractivity (Wildman–Crippen MR) is 70.1 cm³/mol. The van der Waals surface area contributed by atoms with Gasteiger partial charge in [-0.3, -0.25) is 0 Å². The van der Waals surface area contributed by atoms with Crippen LogP contribution in [0, 0.1) is 34.0 Å². The fourth-order valence-electron chi connectivity index (χ4n) is 1.30. The molecule has 0 aromatic heterocycles. The predicted octanol–water partition coefficient (Wildman–Crippen LogP) is 0.475. The summed E-state index contributed by atoms with van der Waals surface area (Å²) in [6.07, 6.45) is 0.877. The number of ether oxygens (including phenoxy) is 3. The van der Waals surface area contributed by atoms with Crippen molar-refractivity contribution in [2.24, 2.45) is 5.73 Å². The zero-order valence-corrected chi connectivity index (χ0v) is 11.5. The largest absolute Gasteiger partial charge is 0.378 e. The monoisotopic (exact) mass is 280 g/mol. The van der Waals surface area contributed by atoms with E-state index in [9.17, 15) is 0 Å². The Morgan fingerprint density at radius 3 is 1.25 bits per heavy atom. The summed E-state index contributed by atoms with van der Waals surface area (Å²) in [6.45, 7) is 1.46. The number of rotatable bonds is 12. The molecule has 0 heterocycles. The second-order valence-electron chi connectivity index (χ2n) is 4.24. The number of nitrogens with zero attached hydrogens (tertiary/aromatic N) is 3. The van der Waals surface area contributed by atoms with Gasteiger partial charge < -0.3 is 19.9 Å². The van der Waals surface area contributed by atoms with Gasteiger partial charge in [0.2, 0.25) is 0 Å². The van der Waals surface area contributed by atoms with Crippen molar-refractivity contribution >= 4 is 0 Å². The maximum absolute atomic E-state index is 8.42. The van der Waals surface area contributed by atoms with E-state index >= 15 is 0 Å². The molecule has 0 bridgehead atoms. The SMILES string of the molecule is N#CCCOCC(N)(COCCC#N)COCCC#N. The van der Waals surface area contributed by atoms with Gasteiger partial charge in [0, 0.05) is 0 Å². The van der Waals surface area contributed by atoms with E-state index in [4.69, 9.17) is 35.7 Å². The van der Waals surface area contributed by atoms with E-state index in [1.807, 2.05) is 18.2 Å². The van der Waals surface area contributed by atoms with Gasteiger partial charge in [-0.2, -0.15) is 15.8 Å². The van der Waals surface area contributed by atoms with Crippen molar-refractivity contribution < 1.29 is 14.2 Å². The van der Waals surface area contributed by atoms with Crippen molar-refractivity contribution in [3.8, 4) is 18.2 Å². The molecular weight excluding hydrogens is 260 g/mol. The van der Waals surface area contributed by atoms with Crippen LogP contribution in [-0.2, 0) is 14.2 Å². The molecule has 0 fully saturated rings. The molecular formula is C13H20N4O3. The first-order valence-corrected chi connectivity index (χ1v) is 6.31. The fourth-order valence-corrected chi connectivity index (χ4v) is 1.30. The zero-order valence-electron chi connectivity index (χ0n) is 11.5. The van der Waals surface area contributed by atoms with Crippen LogP contribution in [0.4, 0.5) is 0 Å². The number of nitrogens with two attached hydrogens (primary N) is 1. The van der Waals surface area contributed by atoms with E-state index in [-0.39, 0.29) is 19.8 Å². The van der Waals surface area contributed by atoms with Crippen LogP contribution in [0.15, 0.2) is 0 Å². The Bertz CT molecular complexity index is 312. The molecule has 0 unspecified atom stereocenters. The van der Waals surface area contributed by atoms with Crippen LogP contribution in [0.1, 0.15) is 19.3 Å². The summed E-state index contributed by atoms with van der Waals surface area (Å²) in [4.78, 5) is 0. The molecule has 0 spiro atoms. The first kappa shape index (κ1) is 18.3. The highest BCUT2D eigenvalue weighted by atomic mass is 16.5. The molecule has 0 rings (SSSR count). The number of hydrogen-bond donors (Lipinski definition) is 1. The molecule has 0 amide bonds. The minimum absolute atomic E-state index is 0.188. The van der Waals surface area contributed by atoms with E-state index in [0.29, 0.717) is 39.1 Å². The maximum atomic E-state index is 8.42. The number of nitriles is 3. The summed E-state index contributed by atoms with van der Waals surface area (Å²) >= 11 is 0. The molecule has 7 heteroatoms. The first-order valence-electron chi connectivity index (χ1n) is 6.31. The molecule has 0 radical (unpaired) electrons. The van der Waals surface area contributed by atoms with E-state index in [0.717, 1.165) is 0 Å². The maximum Gasteiger partial charge on any atom is 0.0865 e. The third-order valence-electron chi connectivity index (χ3n) is 2.24. The Morgan fingerprint density at radius 2 is 1.00 bits per heavy atom. The van der Waals surface area contributed by atoms with Gasteiger partial charge in [-0.1, -0.05) is 0 Å². The molecule has 0 saturated carbocycles. The lowest BCUT2D eigenvalue weighted by Gasteiger charge is -2.28. The Balaban J connectivity index is 4.10. The lowest BCUT2D eigenvalue weighted by atomic mass is 10.1. The molecule has 0 aromatic carbocycles. The van der Waals surface area contributed by atoms with Gasteiger partial charge in [-0.25, -0.2) is 0 Å². The van der Waals surface area contributed by atoms with Gasteiger partial charge in [0.15, 0.2) is 0 Å². The Kier molecular flexibility index (Phi) is 11.3. The van der Waals surface area contributed by atoms with E-state index in [1.165, 1.54) is 0 Å². The molecule has 0 aliphatic carbocycles. The first-order chi connectivity index (χ1) is 9.68. The summed E-state index contributed by atoms with van der Waals surface area (Å²) in [6, 6.07) is 5.92. The summed E-state index contributed by atoms with van der Waals surface area (Å²) in [5.41, 5.74) is 5.27. The molecule has 0 aliphatic heterocycles. The summed E-state index contributed by atoms with van der Waals surface area (Å²) in [5.74, 6) is 0. The minimum Gasteiger partial charge on any atom is -0.378 e. The normalized spacial score (nSPS) is 10.5. The van der Waals surface area contributed by atoms with Crippen molar-refractivity contribution in [2.75, 3.05) is 39.6 Å². The van der Waals surface area contributed by atoms with Crippen LogP contribution in [0.25, 0.3) is 0 Å². The second kappa shape index (κ2) is 12.3. The Morgan fingerprint density at radius 1 is 0.700 bits per heavy atom. The third-order valence-corrected chi connectivity index (χ3v) is 2.24. The molecule has 0 aromatic rings. The van der Waals surface area contributed by atoms with Gasteiger partial charge in [0.1, 0.15) is 0 Å². The molecule has 2 N–H and O–H groups in total. The highest BCUT2D eigenvalue weighted by molar-refractivity contribution is 4.85. The van der Waals surface area contributed by atoms with Gasteiger partial charge in [-0.05, 0) is 0 Å². The molecule has 20 heavy (non-hydrogen) atoms. The van der Waals surface area contributed by atoms with Crippen LogP contribution < -0.4 is 5.73 Å². The van der Waals surface area contributed by atoms with Crippen molar-refractivity contribution in [3.05, 3.63) is 0 Å². The van der Waals surface area contributed by atoms with Crippen LogP contribution >= 0.6 is 0 Å². The van der Waals surface area contributed by atoms with E-state index in [1.54, 1.807) is 0 Å². The molecule has 7 nitrogen and oxygen atoms in total. The average Bonchev–Trinajstić information content (AvgIpc) is 2.45. The van der Waals surface area contributed by atoms with E-state index < -0.39 is 5.54 Å². The van der Waals surface area contributed by atoms with Gasteiger partial charge in [-0.15, -0.1) is 0 Å². The van der Waals surface area contributed by atoms with Crippen LogP contribution in [0.5, 0.6) is 0 Å². The van der Waals surface area contributed by atoms with Gasteiger partial charge >= 0.3 is 0 Å². The Labute approximate surface area is 119 Å². The van der Waals surface area contributed by atoms with Crippen LogP contribution in [0.2, 0.25) is 0 Å².